The molecule has 1 aliphatic carbocycles. The van der Waals surface area contributed by atoms with Gasteiger partial charge in [0.25, 0.3) is 5.69 Å². The van der Waals surface area contributed by atoms with Crippen molar-refractivity contribution in [1.29, 1.82) is 0 Å². The molecule has 1 N–H and O–H groups in total. The number of benzene rings is 2. The van der Waals surface area contributed by atoms with Crippen molar-refractivity contribution in [1.82, 2.24) is 4.72 Å². The maximum absolute atomic E-state index is 12.1. The van der Waals surface area contributed by atoms with E-state index in [-0.39, 0.29) is 23.5 Å². The van der Waals surface area contributed by atoms with Crippen LogP contribution in [0.25, 0.3) is 0 Å². The van der Waals surface area contributed by atoms with Crippen LogP contribution in [0.4, 0.5) is 5.69 Å². The van der Waals surface area contributed by atoms with Gasteiger partial charge in [-0.3, -0.25) is 14.9 Å². The summed E-state index contributed by atoms with van der Waals surface area (Å²) in [6.45, 7) is -0.136. The maximum atomic E-state index is 12.1. The van der Waals surface area contributed by atoms with Crippen molar-refractivity contribution in [2.45, 2.75) is 30.6 Å². The van der Waals surface area contributed by atoms with Crippen LogP contribution in [0.1, 0.15) is 24.0 Å². The van der Waals surface area contributed by atoms with Crippen LogP contribution in [-0.2, 0) is 27.7 Å². The third-order valence-corrected chi connectivity index (χ3v) is 5.76. The molecule has 8 nitrogen and oxygen atoms in total. The molecule has 0 amide bonds. The predicted molar refractivity (Wildman–Crippen MR) is 97.0 cm³/mol. The minimum absolute atomic E-state index is 0.111. The van der Waals surface area contributed by atoms with Gasteiger partial charge in [-0.15, -0.1) is 0 Å². The summed E-state index contributed by atoms with van der Waals surface area (Å²) in [6.07, 6.45) is 2.96. The molecular weight excluding hydrogens is 372 g/mol. The van der Waals surface area contributed by atoms with Crippen LogP contribution in [0, 0.1) is 10.1 Å². The number of nitro groups is 1. The van der Waals surface area contributed by atoms with E-state index in [0.717, 1.165) is 43.5 Å². The molecule has 0 spiro atoms. The molecule has 27 heavy (non-hydrogen) atoms. The average molecular weight is 390 g/mol. The summed E-state index contributed by atoms with van der Waals surface area (Å²) < 4.78 is 31.8. The molecular formula is C18H18N2O6S. The van der Waals surface area contributed by atoms with Crippen molar-refractivity contribution >= 4 is 21.7 Å². The van der Waals surface area contributed by atoms with E-state index in [9.17, 15) is 23.3 Å². The highest BCUT2D eigenvalue weighted by Crippen LogP contribution is 2.26. The summed E-state index contributed by atoms with van der Waals surface area (Å²) in [5, 5.41) is 10.6. The molecule has 0 atom stereocenters. The fourth-order valence-electron chi connectivity index (χ4n) is 2.91. The summed E-state index contributed by atoms with van der Waals surface area (Å²) in [7, 11) is -3.86. The Hall–Kier alpha value is -2.78. The Kier molecular flexibility index (Phi) is 5.52. The smallest absolute Gasteiger partial charge is 0.312 e. The SMILES string of the molecule is O=C(CCNS(=O)(=O)c1ccc([N+](=O)[O-])cc1)Oc1ccc2c(c1)CCC2. The van der Waals surface area contributed by atoms with Gasteiger partial charge in [0.05, 0.1) is 16.2 Å². The molecule has 0 aromatic heterocycles. The van der Waals surface area contributed by atoms with Crippen LogP contribution in [0.5, 0.6) is 5.75 Å². The van der Waals surface area contributed by atoms with E-state index in [1.807, 2.05) is 12.1 Å². The third kappa shape index (κ3) is 4.69. The first-order valence-corrected chi connectivity index (χ1v) is 9.90. The van der Waals surface area contributed by atoms with Crippen molar-refractivity contribution < 1.29 is 22.9 Å². The summed E-state index contributed by atoms with van der Waals surface area (Å²) in [5.74, 6) is -0.0850. The van der Waals surface area contributed by atoms with Crippen LogP contribution in [0.2, 0.25) is 0 Å². The standard InChI is InChI=1S/C18H18N2O6S/c21-18(26-16-7-4-13-2-1-3-14(13)12-16)10-11-19-27(24,25)17-8-5-15(6-9-17)20(22)23/h4-9,12,19H,1-3,10-11H2. The summed E-state index contributed by atoms with van der Waals surface area (Å²) in [6, 6.07) is 10.0. The van der Waals surface area contributed by atoms with Gasteiger partial charge >= 0.3 is 5.97 Å². The third-order valence-electron chi connectivity index (χ3n) is 4.28. The number of sulfonamides is 1. The molecule has 0 saturated heterocycles. The number of carbonyl (C=O) groups excluding carboxylic acids is 1. The number of ether oxygens (including phenoxy) is 1. The molecule has 3 rings (SSSR count). The monoisotopic (exact) mass is 390 g/mol. The minimum atomic E-state index is -3.86. The molecule has 0 unspecified atom stereocenters. The number of hydrogen-bond donors (Lipinski definition) is 1. The molecule has 0 heterocycles. The number of carbonyl (C=O) groups is 1. The normalized spacial score (nSPS) is 13.2. The van der Waals surface area contributed by atoms with Crippen LogP contribution in [-0.4, -0.2) is 25.9 Å². The van der Waals surface area contributed by atoms with Crippen molar-refractivity contribution in [3.05, 3.63) is 63.7 Å². The highest BCUT2D eigenvalue weighted by molar-refractivity contribution is 7.89. The van der Waals surface area contributed by atoms with Crippen LogP contribution < -0.4 is 9.46 Å². The topological polar surface area (TPSA) is 116 Å². The molecule has 0 radical (unpaired) electrons. The first-order chi connectivity index (χ1) is 12.8. The molecule has 0 fully saturated rings. The lowest BCUT2D eigenvalue weighted by molar-refractivity contribution is -0.384. The maximum Gasteiger partial charge on any atom is 0.312 e. The lowest BCUT2D eigenvalue weighted by Gasteiger charge is -2.08. The Balaban J connectivity index is 1.52. The Morgan fingerprint density at radius 2 is 1.81 bits per heavy atom. The number of hydrogen-bond acceptors (Lipinski definition) is 6. The highest BCUT2D eigenvalue weighted by Gasteiger charge is 2.17. The summed E-state index contributed by atoms with van der Waals surface area (Å²) in [5.41, 5.74) is 2.25. The molecule has 2 aromatic carbocycles. The van der Waals surface area contributed by atoms with Crippen molar-refractivity contribution in [2.75, 3.05) is 6.54 Å². The number of nitro benzene ring substituents is 1. The van der Waals surface area contributed by atoms with Crippen molar-refractivity contribution in [3.8, 4) is 5.75 Å². The number of aryl methyl sites for hydroxylation is 2. The predicted octanol–water partition coefficient (Wildman–Crippen LogP) is 2.36. The Bertz CT molecular complexity index is 970. The average Bonchev–Trinajstić information content (AvgIpc) is 3.09. The van der Waals surface area contributed by atoms with Crippen molar-refractivity contribution in [3.63, 3.8) is 0 Å². The van der Waals surface area contributed by atoms with E-state index in [2.05, 4.69) is 4.72 Å². The zero-order valence-electron chi connectivity index (χ0n) is 14.4. The lowest BCUT2D eigenvalue weighted by atomic mass is 10.1. The number of nitrogens with one attached hydrogen (secondary N) is 1. The fraction of sp³-hybridized carbons (Fsp3) is 0.278. The van der Waals surface area contributed by atoms with E-state index in [1.165, 1.54) is 11.1 Å². The van der Waals surface area contributed by atoms with Gasteiger partial charge in [-0.2, -0.15) is 0 Å². The second kappa shape index (κ2) is 7.85. The molecule has 2 aromatic rings. The zero-order chi connectivity index (χ0) is 19.4. The van der Waals surface area contributed by atoms with E-state index in [0.29, 0.717) is 5.75 Å². The Morgan fingerprint density at radius 1 is 1.11 bits per heavy atom. The Morgan fingerprint density at radius 3 is 2.52 bits per heavy atom. The second-order valence-electron chi connectivity index (χ2n) is 6.16. The largest absolute Gasteiger partial charge is 0.426 e. The van der Waals surface area contributed by atoms with Gasteiger partial charge in [0.1, 0.15) is 5.75 Å². The van der Waals surface area contributed by atoms with E-state index in [4.69, 9.17) is 4.74 Å². The number of nitrogens with zero attached hydrogens (tertiary/aromatic N) is 1. The zero-order valence-corrected chi connectivity index (χ0v) is 15.2. The summed E-state index contributed by atoms with van der Waals surface area (Å²) in [4.78, 5) is 21.8. The van der Waals surface area contributed by atoms with E-state index >= 15 is 0 Å². The van der Waals surface area contributed by atoms with Gasteiger partial charge in [0, 0.05) is 18.7 Å². The number of non-ortho nitro benzene ring substituents is 1. The van der Waals surface area contributed by atoms with Gasteiger partial charge in [-0.1, -0.05) is 6.07 Å². The van der Waals surface area contributed by atoms with Gasteiger partial charge in [-0.25, -0.2) is 13.1 Å². The highest BCUT2D eigenvalue weighted by atomic mass is 32.2. The van der Waals surface area contributed by atoms with Gasteiger partial charge in [-0.05, 0) is 54.7 Å². The fourth-order valence-corrected chi connectivity index (χ4v) is 3.94. The molecule has 142 valence electrons. The second-order valence-corrected chi connectivity index (χ2v) is 7.92. The van der Waals surface area contributed by atoms with Crippen LogP contribution >= 0.6 is 0 Å². The molecule has 9 heteroatoms. The molecule has 1 aliphatic rings. The quantitative estimate of drug-likeness (QED) is 0.336. The van der Waals surface area contributed by atoms with Crippen LogP contribution in [0.3, 0.4) is 0 Å². The van der Waals surface area contributed by atoms with Gasteiger partial charge in [0.2, 0.25) is 10.0 Å². The van der Waals surface area contributed by atoms with Crippen molar-refractivity contribution in [2.24, 2.45) is 0 Å². The molecule has 0 saturated carbocycles. The van der Waals surface area contributed by atoms with Crippen LogP contribution in [0.15, 0.2) is 47.4 Å². The van der Waals surface area contributed by atoms with Gasteiger partial charge < -0.3 is 4.74 Å². The number of rotatable bonds is 7. The first kappa shape index (κ1) is 19.0. The first-order valence-electron chi connectivity index (χ1n) is 8.42. The number of esters is 1. The molecule has 0 aliphatic heterocycles. The summed E-state index contributed by atoms with van der Waals surface area (Å²) >= 11 is 0. The minimum Gasteiger partial charge on any atom is -0.426 e. The van der Waals surface area contributed by atoms with E-state index in [1.54, 1.807) is 6.07 Å². The van der Waals surface area contributed by atoms with Gasteiger partial charge in [0.15, 0.2) is 0 Å². The molecule has 0 bridgehead atoms. The lowest BCUT2D eigenvalue weighted by Crippen LogP contribution is -2.27. The van der Waals surface area contributed by atoms with E-state index < -0.39 is 20.9 Å². The Labute approximate surface area is 156 Å². The number of fused-ring (bicyclic) bond motifs is 1.